The van der Waals surface area contributed by atoms with Crippen LogP contribution in [0.15, 0.2) is 24.3 Å². The van der Waals surface area contributed by atoms with Gasteiger partial charge in [0.25, 0.3) is 0 Å². The highest BCUT2D eigenvalue weighted by Gasteiger charge is 2.35. The third kappa shape index (κ3) is 2.78. The lowest BCUT2D eigenvalue weighted by Gasteiger charge is -2.36. The van der Waals surface area contributed by atoms with Crippen molar-refractivity contribution in [2.24, 2.45) is 5.92 Å². The van der Waals surface area contributed by atoms with Crippen molar-refractivity contribution in [3.8, 4) is 0 Å². The van der Waals surface area contributed by atoms with Crippen LogP contribution in [0.5, 0.6) is 0 Å². The summed E-state index contributed by atoms with van der Waals surface area (Å²) in [5, 5.41) is 13.0. The van der Waals surface area contributed by atoms with Crippen LogP contribution in [0.2, 0.25) is 0 Å². The zero-order valence-corrected chi connectivity index (χ0v) is 10.2. The van der Waals surface area contributed by atoms with Crippen molar-refractivity contribution in [3.05, 3.63) is 30.1 Å². The van der Waals surface area contributed by atoms with Gasteiger partial charge < -0.3 is 10.4 Å². The van der Waals surface area contributed by atoms with Gasteiger partial charge in [-0.05, 0) is 49.9 Å². The average molecular weight is 237 g/mol. The van der Waals surface area contributed by atoms with E-state index >= 15 is 0 Å². The van der Waals surface area contributed by atoms with Gasteiger partial charge in [-0.25, -0.2) is 4.39 Å². The number of rotatable bonds is 4. The van der Waals surface area contributed by atoms with Crippen LogP contribution in [0, 0.1) is 11.7 Å². The number of anilines is 1. The molecule has 1 atom stereocenters. The molecule has 1 fully saturated rings. The Morgan fingerprint density at radius 3 is 2.41 bits per heavy atom. The van der Waals surface area contributed by atoms with Crippen LogP contribution in [-0.4, -0.2) is 17.3 Å². The van der Waals surface area contributed by atoms with E-state index in [1.165, 1.54) is 25.0 Å². The molecular weight excluding hydrogens is 217 g/mol. The van der Waals surface area contributed by atoms with Crippen molar-refractivity contribution in [2.45, 2.75) is 38.1 Å². The van der Waals surface area contributed by atoms with Gasteiger partial charge in [0.15, 0.2) is 0 Å². The monoisotopic (exact) mass is 237 g/mol. The van der Waals surface area contributed by atoms with Crippen LogP contribution in [0.1, 0.15) is 32.6 Å². The molecule has 0 aliphatic heterocycles. The normalized spacial score (nSPS) is 20.2. The molecule has 1 aromatic rings. The van der Waals surface area contributed by atoms with Crippen molar-refractivity contribution >= 4 is 5.69 Å². The SMILES string of the molecule is CC(CO)(Nc1ccc(F)cc1)C1CCCC1. The van der Waals surface area contributed by atoms with E-state index in [4.69, 9.17) is 0 Å². The first-order valence-electron chi connectivity index (χ1n) is 6.29. The molecule has 1 saturated carbocycles. The van der Waals surface area contributed by atoms with Gasteiger partial charge in [0.2, 0.25) is 0 Å². The Kier molecular flexibility index (Phi) is 3.67. The van der Waals surface area contributed by atoms with Crippen molar-refractivity contribution in [1.82, 2.24) is 0 Å². The third-order valence-corrected chi connectivity index (χ3v) is 3.86. The second-order valence-corrected chi connectivity index (χ2v) is 5.19. The number of hydrogen-bond donors (Lipinski definition) is 2. The molecule has 0 heterocycles. The predicted molar refractivity (Wildman–Crippen MR) is 67.5 cm³/mol. The quantitative estimate of drug-likeness (QED) is 0.843. The van der Waals surface area contributed by atoms with Crippen molar-refractivity contribution in [3.63, 3.8) is 0 Å². The first-order chi connectivity index (χ1) is 8.14. The Balaban J connectivity index is 2.10. The highest BCUT2D eigenvalue weighted by molar-refractivity contribution is 5.45. The Bertz CT molecular complexity index is 359. The first-order valence-corrected chi connectivity index (χ1v) is 6.29. The summed E-state index contributed by atoms with van der Waals surface area (Å²) in [5.74, 6) is 0.264. The topological polar surface area (TPSA) is 32.3 Å². The predicted octanol–water partition coefficient (Wildman–Crippen LogP) is 3.18. The lowest BCUT2D eigenvalue weighted by Crippen LogP contribution is -2.45. The van der Waals surface area contributed by atoms with Gasteiger partial charge in [0.05, 0.1) is 12.1 Å². The Morgan fingerprint density at radius 2 is 1.88 bits per heavy atom. The molecule has 94 valence electrons. The highest BCUT2D eigenvalue weighted by Crippen LogP contribution is 2.35. The molecule has 0 spiro atoms. The van der Waals surface area contributed by atoms with E-state index in [0.29, 0.717) is 5.92 Å². The molecule has 3 heteroatoms. The molecule has 0 aromatic heterocycles. The van der Waals surface area contributed by atoms with Gasteiger partial charge in [-0.3, -0.25) is 0 Å². The summed E-state index contributed by atoms with van der Waals surface area (Å²) in [6, 6.07) is 6.32. The van der Waals surface area contributed by atoms with Gasteiger partial charge in [-0.15, -0.1) is 0 Å². The fraction of sp³-hybridized carbons (Fsp3) is 0.571. The number of benzene rings is 1. The van der Waals surface area contributed by atoms with E-state index < -0.39 is 0 Å². The lowest BCUT2D eigenvalue weighted by molar-refractivity contribution is 0.172. The molecule has 0 saturated heterocycles. The van der Waals surface area contributed by atoms with E-state index in [1.54, 1.807) is 12.1 Å². The summed E-state index contributed by atoms with van der Waals surface area (Å²) < 4.78 is 12.8. The number of halogens is 1. The van der Waals surface area contributed by atoms with Crippen molar-refractivity contribution in [1.29, 1.82) is 0 Å². The zero-order valence-electron chi connectivity index (χ0n) is 10.2. The molecule has 0 amide bonds. The van der Waals surface area contributed by atoms with E-state index in [-0.39, 0.29) is 18.0 Å². The summed E-state index contributed by atoms with van der Waals surface area (Å²) >= 11 is 0. The summed E-state index contributed by atoms with van der Waals surface area (Å²) in [6.45, 7) is 2.15. The van der Waals surface area contributed by atoms with E-state index in [0.717, 1.165) is 18.5 Å². The lowest BCUT2D eigenvalue weighted by atomic mass is 9.84. The van der Waals surface area contributed by atoms with Gasteiger partial charge in [0, 0.05) is 5.69 Å². The summed E-state index contributed by atoms with van der Waals surface area (Å²) in [7, 11) is 0. The molecule has 2 N–H and O–H groups in total. The van der Waals surface area contributed by atoms with E-state index in [1.807, 2.05) is 6.92 Å². The van der Waals surface area contributed by atoms with Gasteiger partial charge >= 0.3 is 0 Å². The second kappa shape index (κ2) is 5.05. The standard InChI is InChI=1S/C14H20FNO/c1-14(10-17,11-4-2-3-5-11)16-13-8-6-12(15)7-9-13/h6-9,11,16-17H,2-5,10H2,1H3. The van der Waals surface area contributed by atoms with Gasteiger partial charge in [-0.2, -0.15) is 0 Å². The van der Waals surface area contributed by atoms with E-state index in [9.17, 15) is 9.50 Å². The molecular formula is C14H20FNO. The molecule has 17 heavy (non-hydrogen) atoms. The van der Waals surface area contributed by atoms with Gasteiger partial charge in [-0.1, -0.05) is 12.8 Å². The molecule has 2 nitrogen and oxygen atoms in total. The minimum Gasteiger partial charge on any atom is -0.394 e. The minimum atomic E-state index is -0.297. The van der Waals surface area contributed by atoms with Crippen LogP contribution >= 0.6 is 0 Å². The van der Waals surface area contributed by atoms with Crippen molar-refractivity contribution in [2.75, 3.05) is 11.9 Å². The molecule has 1 aliphatic carbocycles. The largest absolute Gasteiger partial charge is 0.394 e. The maximum Gasteiger partial charge on any atom is 0.123 e. The second-order valence-electron chi connectivity index (χ2n) is 5.19. The Hall–Kier alpha value is -1.09. The molecule has 1 unspecified atom stereocenters. The number of hydrogen-bond acceptors (Lipinski definition) is 2. The van der Waals surface area contributed by atoms with E-state index in [2.05, 4.69) is 5.32 Å². The maximum atomic E-state index is 12.8. The molecule has 1 aromatic carbocycles. The third-order valence-electron chi connectivity index (χ3n) is 3.86. The summed E-state index contributed by atoms with van der Waals surface area (Å²) in [6.07, 6.45) is 4.80. The summed E-state index contributed by atoms with van der Waals surface area (Å²) in [4.78, 5) is 0. The average Bonchev–Trinajstić information content (AvgIpc) is 2.86. The van der Waals surface area contributed by atoms with Crippen LogP contribution < -0.4 is 5.32 Å². The summed E-state index contributed by atoms with van der Waals surface area (Å²) in [5.41, 5.74) is 0.573. The highest BCUT2D eigenvalue weighted by atomic mass is 19.1. The smallest absolute Gasteiger partial charge is 0.123 e. The Labute approximate surface area is 102 Å². The van der Waals surface area contributed by atoms with Gasteiger partial charge in [0.1, 0.15) is 5.82 Å². The van der Waals surface area contributed by atoms with Crippen LogP contribution in [0.4, 0.5) is 10.1 Å². The van der Waals surface area contributed by atoms with Crippen LogP contribution in [0.25, 0.3) is 0 Å². The molecule has 2 rings (SSSR count). The van der Waals surface area contributed by atoms with Crippen LogP contribution in [0.3, 0.4) is 0 Å². The number of aliphatic hydroxyl groups excluding tert-OH is 1. The molecule has 0 radical (unpaired) electrons. The fourth-order valence-electron chi connectivity index (χ4n) is 2.70. The minimum absolute atomic E-state index is 0.106. The molecule has 0 bridgehead atoms. The molecule has 1 aliphatic rings. The Morgan fingerprint density at radius 1 is 1.29 bits per heavy atom. The maximum absolute atomic E-state index is 12.8. The number of nitrogens with one attached hydrogen (secondary N) is 1. The number of aliphatic hydroxyl groups is 1. The zero-order chi connectivity index (χ0) is 12.3. The van der Waals surface area contributed by atoms with Crippen LogP contribution in [-0.2, 0) is 0 Å². The van der Waals surface area contributed by atoms with Crippen molar-refractivity contribution < 1.29 is 9.50 Å². The first kappa shape index (κ1) is 12.4. The fourth-order valence-corrected chi connectivity index (χ4v) is 2.70.